The van der Waals surface area contributed by atoms with Gasteiger partial charge in [-0.3, -0.25) is 4.79 Å². The number of amides is 1. The summed E-state index contributed by atoms with van der Waals surface area (Å²) < 4.78 is 26.0. The van der Waals surface area contributed by atoms with E-state index >= 15 is 0 Å². The standard InChI is InChI=1S/C12H19F2N3O2/c13-12(14)5-3-8(4-6-12)11(18)16-9(7-1-2-7)10(15)17-19/h7-9,19H,1-6H2,(H2,15,17)(H,16,18). The maximum atomic E-state index is 13.0. The van der Waals surface area contributed by atoms with Gasteiger partial charge in [-0.05, 0) is 31.6 Å². The van der Waals surface area contributed by atoms with Gasteiger partial charge in [0.25, 0.3) is 0 Å². The lowest BCUT2D eigenvalue weighted by Crippen LogP contribution is -2.48. The lowest BCUT2D eigenvalue weighted by atomic mass is 9.86. The zero-order valence-corrected chi connectivity index (χ0v) is 10.6. The number of nitrogens with two attached hydrogens (primary N) is 1. The van der Waals surface area contributed by atoms with E-state index < -0.39 is 17.9 Å². The molecule has 7 heteroatoms. The molecule has 2 rings (SSSR count). The predicted molar refractivity (Wildman–Crippen MR) is 65.0 cm³/mol. The van der Waals surface area contributed by atoms with E-state index in [0.29, 0.717) is 0 Å². The molecule has 0 aromatic carbocycles. The van der Waals surface area contributed by atoms with Gasteiger partial charge in [-0.15, -0.1) is 0 Å². The molecule has 2 aliphatic rings. The SMILES string of the molecule is NC(=NO)C(NC(=O)C1CCC(F)(F)CC1)C1CC1. The van der Waals surface area contributed by atoms with Crippen LogP contribution >= 0.6 is 0 Å². The van der Waals surface area contributed by atoms with E-state index in [4.69, 9.17) is 10.9 Å². The second-order valence-corrected chi connectivity index (χ2v) is 5.48. The topological polar surface area (TPSA) is 87.7 Å². The normalized spacial score (nSPS) is 25.9. The Morgan fingerprint density at radius 1 is 1.32 bits per heavy atom. The summed E-state index contributed by atoms with van der Waals surface area (Å²) in [6.07, 6.45) is 1.72. The minimum absolute atomic E-state index is 0.0167. The summed E-state index contributed by atoms with van der Waals surface area (Å²) in [5.74, 6) is -3.12. The van der Waals surface area contributed by atoms with Crippen LogP contribution in [0, 0.1) is 11.8 Å². The highest BCUT2D eigenvalue weighted by Crippen LogP contribution is 2.37. The quantitative estimate of drug-likeness (QED) is 0.314. The van der Waals surface area contributed by atoms with Crippen molar-refractivity contribution >= 4 is 11.7 Å². The van der Waals surface area contributed by atoms with E-state index in [1.807, 2.05) is 0 Å². The Bertz CT molecular complexity index is 373. The number of carbonyl (C=O) groups is 1. The minimum atomic E-state index is -2.64. The highest BCUT2D eigenvalue weighted by atomic mass is 19.3. The molecule has 0 bridgehead atoms. The predicted octanol–water partition coefficient (Wildman–Crippen LogP) is 1.45. The van der Waals surface area contributed by atoms with Crippen molar-refractivity contribution in [2.24, 2.45) is 22.7 Å². The van der Waals surface area contributed by atoms with Gasteiger partial charge in [-0.25, -0.2) is 8.78 Å². The maximum Gasteiger partial charge on any atom is 0.248 e. The molecule has 19 heavy (non-hydrogen) atoms. The zero-order valence-electron chi connectivity index (χ0n) is 10.6. The molecule has 108 valence electrons. The van der Waals surface area contributed by atoms with Crippen LogP contribution < -0.4 is 11.1 Å². The highest BCUT2D eigenvalue weighted by Gasteiger charge is 2.40. The van der Waals surface area contributed by atoms with Gasteiger partial charge < -0.3 is 16.3 Å². The van der Waals surface area contributed by atoms with Crippen LogP contribution in [0.2, 0.25) is 0 Å². The van der Waals surface area contributed by atoms with Gasteiger partial charge in [-0.2, -0.15) is 0 Å². The number of halogens is 2. The van der Waals surface area contributed by atoms with Crippen molar-refractivity contribution in [1.82, 2.24) is 5.32 Å². The number of nitrogens with one attached hydrogen (secondary N) is 1. The average Bonchev–Trinajstić information content (AvgIpc) is 3.19. The molecule has 0 aliphatic heterocycles. The summed E-state index contributed by atoms with van der Waals surface area (Å²) >= 11 is 0. The van der Waals surface area contributed by atoms with Crippen LogP contribution in [0.5, 0.6) is 0 Å². The monoisotopic (exact) mass is 275 g/mol. The summed E-state index contributed by atoms with van der Waals surface area (Å²) in [6.45, 7) is 0. The first-order valence-corrected chi connectivity index (χ1v) is 6.58. The van der Waals surface area contributed by atoms with Gasteiger partial charge >= 0.3 is 0 Å². The Kier molecular flexibility index (Phi) is 3.91. The van der Waals surface area contributed by atoms with E-state index in [1.54, 1.807) is 0 Å². The number of alkyl halides is 2. The number of amidine groups is 1. The van der Waals surface area contributed by atoms with E-state index in [9.17, 15) is 13.6 Å². The Hall–Kier alpha value is -1.40. The van der Waals surface area contributed by atoms with Crippen molar-refractivity contribution in [2.45, 2.75) is 50.5 Å². The molecule has 1 amide bonds. The molecule has 2 saturated carbocycles. The molecule has 0 aromatic rings. The van der Waals surface area contributed by atoms with E-state index in [2.05, 4.69) is 10.5 Å². The summed E-state index contributed by atoms with van der Waals surface area (Å²) in [6, 6.07) is -0.472. The van der Waals surface area contributed by atoms with Gasteiger partial charge in [0, 0.05) is 18.8 Å². The lowest BCUT2D eigenvalue weighted by Gasteiger charge is -2.28. The van der Waals surface area contributed by atoms with Crippen LogP contribution in [0.15, 0.2) is 5.16 Å². The summed E-state index contributed by atoms with van der Waals surface area (Å²) in [5.41, 5.74) is 5.54. The van der Waals surface area contributed by atoms with Crippen molar-refractivity contribution in [1.29, 1.82) is 0 Å². The first kappa shape index (κ1) is 14.0. The third kappa shape index (κ3) is 3.54. The van der Waals surface area contributed by atoms with E-state index in [1.165, 1.54) is 0 Å². The molecule has 4 N–H and O–H groups in total. The smallest absolute Gasteiger partial charge is 0.248 e. The van der Waals surface area contributed by atoms with Gasteiger partial charge in [-0.1, -0.05) is 5.16 Å². The number of oxime groups is 1. The molecule has 0 aromatic heterocycles. The molecule has 2 fully saturated rings. The summed E-state index contributed by atoms with van der Waals surface area (Å²) in [4.78, 5) is 12.0. The van der Waals surface area contributed by atoms with Crippen molar-refractivity contribution in [3.8, 4) is 0 Å². The molecule has 2 aliphatic carbocycles. The molecule has 0 spiro atoms. The Morgan fingerprint density at radius 2 is 1.89 bits per heavy atom. The van der Waals surface area contributed by atoms with E-state index in [-0.39, 0.29) is 43.3 Å². The molecule has 1 atom stereocenters. The molecule has 1 unspecified atom stereocenters. The van der Waals surface area contributed by atoms with Crippen molar-refractivity contribution in [3.63, 3.8) is 0 Å². The first-order chi connectivity index (χ1) is 8.93. The fourth-order valence-electron chi connectivity index (χ4n) is 2.50. The van der Waals surface area contributed by atoms with Crippen LogP contribution in [0.3, 0.4) is 0 Å². The third-order valence-electron chi connectivity index (χ3n) is 3.91. The molecular weight excluding hydrogens is 256 g/mol. The number of nitrogens with zero attached hydrogens (tertiary/aromatic N) is 1. The molecule has 0 radical (unpaired) electrons. The Morgan fingerprint density at radius 3 is 2.37 bits per heavy atom. The largest absolute Gasteiger partial charge is 0.409 e. The summed E-state index contributed by atoms with van der Waals surface area (Å²) in [5, 5.41) is 14.3. The summed E-state index contributed by atoms with van der Waals surface area (Å²) in [7, 11) is 0. The van der Waals surface area contributed by atoms with Crippen LogP contribution in [-0.4, -0.2) is 28.9 Å². The number of hydrogen-bond acceptors (Lipinski definition) is 3. The lowest BCUT2D eigenvalue weighted by molar-refractivity contribution is -0.129. The second-order valence-electron chi connectivity index (χ2n) is 5.48. The van der Waals surface area contributed by atoms with Crippen molar-refractivity contribution in [3.05, 3.63) is 0 Å². The molecule has 0 heterocycles. The van der Waals surface area contributed by atoms with Gasteiger partial charge in [0.2, 0.25) is 11.8 Å². The van der Waals surface area contributed by atoms with Crippen molar-refractivity contribution in [2.75, 3.05) is 0 Å². The van der Waals surface area contributed by atoms with Gasteiger partial charge in [0.1, 0.15) is 0 Å². The molecular formula is C12H19F2N3O2. The average molecular weight is 275 g/mol. The third-order valence-corrected chi connectivity index (χ3v) is 3.91. The maximum absolute atomic E-state index is 13.0. The Balaban J connectivity index is 1.89. The highest BCUT2D eigenvalue weighted by molar-refractivity contribution is 5.91. The molecule has 0 saturated heterocycles. The second kappa shape index (κ2) is 5.30. The van der Waals surface area contributed by atoms with Crippen LogP contribution in [0.25, 0.3) is 0 Å². The zero-order chi connectivity index (χ0) is 14.0. The number of hydrogen-bond donors (Lipinski definition) is 3. The van der Waals surface area contributed by atoms with Gasteiger partial charge in [0.05, 0.1) is 6.04 Å². The van der Waals surface area contributed by atoms with Crippen LogP contribution in [0.4, 0.5) is 8.78 Å². The van der Waals surface area contributed by atoms with Gasteiger partial charge in [0.15, 0.2) is 5.84 Å². The molecule has 5 nitrogen and oxygen atoms in total. The number of rotatable bonds is 4. The minimum Gasteiger partial charge on any atom is -0.409 e. The number of carbonyl (C=O) groups excluding carboxylic acids is 1. The van der Waals surface area contributed by atoms with E-state index in [0.717, 1.165) is 12.8 Å². The fourth-order valence-corrected chi connectivity index (χ4v) is 2.50. The van der Waals surface area contributed by atoms with Crippen LogP contribution in [-0.2, 0) is 4.79 Å². The first-order valence-electron chi connectivity index (χ1n) is 6.58. The fraction of sp³-hybridized carbons (Fsp3) is 0.833. The Labute approximate surface area is 110 Å². The van der Waals surface area contributed by atoms with Crippen molar-refractivity contribution < 1.29 is 18.8 Å². The van der Waals surface area contributed by atoms with Crippen LogP contribution in [0.1, 0.15) is 38.5 Å².